The maximum atomic E-state index is 13.4. The van der Waals surface area contributed by atoms with Gasteiger partial charge in [0.05, 0.1) is 0 Å². The van der Waals surface area contributed by atoms with E-state index in [1.54, 1.807) is 12.1 Å². The topological polar surface area (TPSA) is 61.4 Å². The molecule has 0 unspecified atom stereocenters. The summed E-state index contributed by atoms with van der Waals surface area (Å²) in [5, 5.41) is 5.99. The number of benzene rings is 2. The second kappa shape index (κ2) is 8.23. The summed E-state index contributed by atoms with van der Waals surface area (Å²) >= 11 is 0. The number of fused-ring (bicyclic) bond motifs is 2. The molecule has 4 rings (SSSR count). The third-order valence-corrected chi connectivity index (χ3v) is 5.90. The van der Waals surface area contributed by atoms with E-state index in [0.717, 1.165) is 37.7 Å². The lowest BCUT2D eigenvalue weighted by Crippen LogP contribution is -2.59. The quantitative estimate of drug-likeness (QED) is 0.805. The fraction of sp³-hybridized carbons (Fsp3) is 0.391. The molecule has 3 amide bonds. The Morgan fingerprint density at radius 1 is 1.03 bits per heavy atom. The van der Waals surface area contributed by atoms with Crippen LogP contribution in [0.5, 0.6) is 0 Å². The van der Waals surface area contributed by atoms with Crippen LogP contribution in [0.15, 0.2) is 48.5 Å². The van der Waals surface area contributed by atoms with Crippen molar-refractivity contribution in [2.24, 2.45) is 0 Å². The molecule has 2 fully saturated rings. The minimum Gasteiger partial charge on any atom is -0.349 e. The van der Waals surface area contributed by atoms with Gasteiger partial charge in [-0.15, -0.1) is 0 Å². The number of rotatable bonds is 3. The fourth-order valence-electron chi connectivity index (χ4n) is 4.64. The molecule has 5 nitrogen and oxygen atoms in total. The number of nitrogens with one attached hydrogen (secondary N) is 2. The molecule has 2 aromatic rings. The minimum absolute atomic E-state index is 0.0523. The predicted molar refractivity (Wildman–Crippen MR) is 110 cm³/mol. The second-order valence-corrected chi connectivity index (χ2v) is 8.10. The Morgan fingerprint density at radius 2 is 1.76 bits per heavy atom. The van der Waals surface area contributed by atoms with E-state index in [2.05, 4.69) is 10.6 Å². The largest absolute Gasteiger partial charge is 0.349 e. The molecule has 0 aliphatic carbocycles. The van der Waals surface area contributed by atoms with Gasteiger partial charge in [0.1, 0.15) is 5.82 Å². The van der Waals surface area contributed by atoms with Crippen LogP contribution in [-0.2, 0) is 0 Å². The molecule has 2 aromatic carbocycles. The molecule has 2 N–H and O–H groups in total. The summed E-state index contributed by atoms with van der Waals surface area (Å²) in [6.45, 7) is 1.97. The zero-order chi connectivity index (χ0) is 20.4. The lowest BCUT2D eigenvalue weighted by molar-refractivity contribution is 0.0577. The van der Waals surface area contributed by atoms with E-state index >= 15 is 0 Å². The molecule has 0 radical (unpaired) electrons. The number of amides is 3. The molecule has 2 aliphatic rings. The van der Waals surface area contributed by atoms with Gasteiger partial charge >= 0.3 is 6.03 Å². The lowest BCUT2D eigenvalue weighted by atomic mass is 9.82. The molecular formula is C23H26FN3O2. The summed E-state index contributed by atoms with van der Waals surface area (Å²) in [5.74, 6) is -0.435. The smallest absolute Gasteiger partial charge is 0.322 e. The fourth-order valence-corrected chi connectivity index (χ4v) is 4.64. The van der Waals surface area contributed by atoms with Crippen LogP contribution in [0, 0.1) is 12.7 Å². The number of carbonyl (C=O) groups is 2. The Kier molecular flexibility index (Phi) is 5.51. The highest BCUT2D eigenvalue weighted by Gasteiger charge is 2.41. The van der Waals surface area contributed by atoms with Crippen molar-refractivity contribution >= 4 is 17.6 Å². The number of piperidine rings is 2. The van der Waals surface area contributed by atoms with Gasteiger partial charge in [-0.3, -0.25) is 4.79 Å². The Bertz CT molecular complexity index is 903. The van der Waals surface area contributed by atoms with Gasteiger partial charge < -0.3 is 15.5 Å². The van der Waals surface area contributed by atoms with E-state index in [1.807, 2.05) is 36.1 Å². The highest BCUT2D eigenvalue weighted by Crippen LogP contribution is 2.34. The van der Waals surface area contributed by atoms with Gasteiger partial charge in [-0.05, 0) is 69.4 Å². The third kappa shape index (κ3) is 4.42. The number of halogens is 1. The number of nitrogens with zero attached hydrogens (tertiary/aromatic N) is 1. The molecule has 2 saturated heterocycles. The maximum absolute atomic E-state index is 13.4. The van der Waals surface area contributed by atoms with Crippen LogP contribution in [0.1, 0.15) is 48.0 Å². The minimum atomic E-state index is -0.374. The van der Waals surface area contributed by atoms with Crippen molar-refractivity contribution in [3.8, 4) is 0 Å². The highest BCUT2D eigenvalue weighted by molar-refractivity contribution is 5.94. The van der Waals surface area contributed by atoms with Crippen molar-refractivity contribution < 1.29 is 14.0 Å². The number of carbonyl (C=O) groups excluding carboxylic acids is 2. The summed E-state index contributed by atoms with van der Waals surface area (Å²) in [7, 11) is 0. The monoisotopic (exact) mass is 395 g/mol. The molecule has 0 saturated carbocycles. The number of urea groups is 1. The van der Waals surface area contributed by atoms with Crippen molar-refractivity contribution in [2.45, 2.75) is 57.2 Å². The third-order valence-electron chi connectivity index (χ3n) is 5.90. The van der Waals surface area contributed by atoms with Gasteiger partial charge in [-0.25, -0.2) is 9.18 Å². The first-order valence-electron chi connectivity index (χ1n) is 10.2. The average Bonchev–Trinajstić information content (AvgIpc) is 2.67. The molecule has 0 spiro atoms. The average molecular weight is 395 g/mol. The van der Waals surface area contributed by atoms with Gasteiger partial charge in [-0.2, -0.15) is 0 Å². The number of anilines is 1. The van der Waals surface area contributed by atoms with Crippen LogP contribution in [0.2, 0.25) is 0 Å². The normalized spacial score (nSPS) is 23.4. The summed E-state index contributed by atoms with van der Waals surface area (Å²) in [6, 6.07) is 13.5. The molecule has 0 aromatic heterocycles. The maximum Gasteiger partial charge on any atom is 0.322 e. The standard InChI is InChI=1S/C23H26FN3O2/c1-15-5-2-6-16(11-15)22(28)25-19-13-20-9-4-10-21(14-19)27(20)23(29)26-18-8-3-7-17(24)12-18/h2-3,5-8,11-12,19-21H,4,9-10,13-14H2,1H3,(H,25,28)(H,26,29)/t20-,21-/m1/s1. The molecular weight excluding hydrogens is 369 g/mol. The summed E-state index contributed by atoms with van der Waals surface area (Å²) < 4.78 is 13.4. The van der Waals surface area contributed by atoms with Crippen molar-refractivity contribution in [3.63, 3.8) is 0 Å². The van der Waals surface area contributed by atoms with Gasteiger partial charge in [0, 0.05) is 29.4 Å². The van der Waals surface area contributed by atoms with Gasteiger partial charge in [0.2, 0.25) is 0 Å². The van der Waals surface area contributed by atoms with Crippen LogP contribution in [0.3, 0.4) is 0 Å². The van der Waals surface area contributed by atoms with Crippen LogP contribution in [-0.4, -0.2) is 35.0 Å². The molecule has 2 aliphatic heterocycles. The van der Waals surface area contributed by atoms with Crippen molar-refractivity contribution in [1.29, 1.82) is 0 Å². The molecule has 2 bridgehead atoms. The van der Waals surface area contributed by atoms with Gasteiger partial charge in [-0.1, -0.05) is 23.8 Å². The predicted octanol–water partition coefficient (Wildman–Crippen LogP) is 4.48. The Hall–Kier alpha value is -2.89. The molecule has 152 valence electrons. The molecule has 29 heavy (non-hydrogen) atoms. The Balaban J connectivity index is 1.42. The molecule has 6 heteroatoms. The highest BCUT2D eigenvalue weighted by atomic mass is 19.1. The lowest BCUT2D eigenvalue weighted by Gasteiger charge is -2.48. The summed E-state index contributed by atoms with van der Waals surface area (Å²) in [6.07, 6.45) is 4.40. The SMILES string of the molecule is Cc1cccc(C(=O)NC2C[C@H]3CCC[C@H](C2)N3C(=O)Nc2cccc(F)c2)c1. The summed E-state index contributed by atoms with van der Waals surface area (Å²) in [4.78, 5) is 27.4. The van der Waals surface area contributed by atoms with E-state index in [9.17, 15) is 14.0 Å². The first-order valence-corrected chi connectivity index (χ1v) is 10.2. The van der Waals surface area contributed by atoms with Crippen LogP contribution >= 0.6 is 0 Å². The van der Waals surface area contributed by atoms with Crippen molar-refractivity contribution in [1.82, 2.24) is 10.2 Å². The van der Waals surface area contributed by atoms with E-state index in [0.29, 0.717) is 11.3 Å². The van der Waals surface area contributed by atoms with Crippen molar-refractivity contribution in [2.75, 3.05) is 5.32 Å². The van der Waals surface area contributed by atoms with Crippen LogP contribution in [0.4, 0.5) is 14.9 Å². The van der Waals surface area contributed by atoms with Crippen molar-refractivity contribution in [3.05, 3.63) is 65.5 Å². The number of hydrogen-bond donors (Lipinski definition) is 2. The number of hydrogen-bond acceptors (Lipinski definition) is 2. The van der Waals surface area contributed by atoms with E-state index in [-0.39, 0.29) is 35.9 Å². The van der Waals surface area contributed by atoms with Crippen LogP contribution < -0.4 is 10.6 Å². The van der Waals surface area contributed by atoms with E-state index in [4.69, 9.17) is 0 Å². The summed E-state index contributed by atoms with van der Waals surface area (Å²) in [5.41, 5.74) is 2.18. The van der Waals surface area contributed by atoms with Gasteiger partial charge in [0.25, 0.3) is 5.91 Å². The first-order chi connectivity index (χ1) is 14.0. The number of aryl methyl sites for hydroxylation is 1. The Morgan fingerprint density at radius 3 is 2.45 bits per heavy atom. The van der Waals surface area contributed by atoms with Crippen LogP contribution in [0.25, 0.3) is 0 Å². The Labute approximate surface area is 170 Å². The molecule has 2 atom stereocenters. The second-order valence-electron chi connectivity index (χ2n) is 8.10. The zero-order valence-corrected chi connectivity index (χ0v) is 16.5. The first kappa shape index (κ1) is 19.4. The van der Waals surface area contributed by atoms with Gasteiger partial charge in [0.15, 0.2) is 0 Å². The zero-order valence-electron chi connectivity index (χ0n) is 16.5. The van der Waals surface area contributed by atoms with E-state index in [1.165, 1.54) is 12.1 Å². The molecule has 2 heterocycles. The van der Waals surface area contributed by atoms with E-state index < -0.39 is 0 Å².